The predicted molar refractivity (Wildman–Crippen MR) is 75.7 cm³/mol. The maximum absolute atomic E-state index is 11.7. The lowest BCUT2D eigenvalue weighted by Gasteiger charge is -2.13. The van der Waals surface area contributed by atoms with E-state index in [1.165, 1.54) is 5.56 Å². The van der Waals surface area contributed by atoms with Crippen LogP contribution in [0.15, 0.2) is 36.0 Å². The van der Waals surface area contributed by atoms with Gasteiger partial charge < -0.3 is 5.32 Å². The molecule has 0 radical (unpaired) electrons. The average Bonchev–Trinajstić information content (AvgIpc) is 2.38. The van der Waals surface area contributed by atoms with Gasteiger partial charge in [-0.1, -0.05) is 26.0 Å². The van der Waals surface area contributed by atoms with Crippen LogP contribution in [0, 0.1) is 0 Å². The number of Topliss-reactive ketones (excluding diaryl/α,β-unsaturated/α-hetero) is 1. The van der Waals surface area contributed by atoms with Crippen LogP contribution < -0.4 is 5.32 Å². The topological polar surface area (TPSA) is 29.1 Å². The number of benzene rings is 1. The molecule has 0 unspecified atom stereocenters. The van der Waals surface area contributed by atoms with Crippen LogP contribution in [-0.4, -0.2) is 5.78 Å². The minimum atomic E-state index is 0.299. The summed E-state index contributed by atoms with van der Waals surface area (Å²) in [4.78, 5) is 11.7. The van der Waals surface area contributed by atoms with Crippen molar-refractivity contribution >= 4 is 11.5 Å². The fourth-order valence-electron chi connectivity index (χ4n) is 2.19. The van der Waals surface area contributed by atoms with Gasteiger partial charge in [0.15, 0.2) is 5.78 Å². The van der Waals surface area contributed by atoms with Crippen molar-refractivity contribution in [2.45, 2.75) is 45.4 Å². The van der Waals surface area contributed by atoms with E-state index in [0.717, 1.165) is 30.5 Å². The molecular formula is C16H21NO. The number of carbonyl (C=O) groups is 1. The van der Waals surface area contributed by atoms with E-state index in [-0.39, 0.29) is 0 Å². The zero-order chi connectivity index (χ0) is 13.0. The number of allylic oxidation sites excluding steroid dienone is 1. The van der Waals surface area contributed by atoms with Crippen LogP contribution in [0.3, 0.4) is 0 Å². The lowest BCUT2D eigenvalue weighted by molar-refractivity contribution is -0.116. The van der Waals surface area contributed by atoms with E-state index in [4.69, 9.17) is 0 Å². The predicted octanol–water partition coefficient (Wildman–Crippen LogP) is 4.25. The second-order valence-corrected chi connectivity index (χ2v) is 5.22. The molecular weight excluding hydrogens is 222 g/mol. The Bertz CT molecular complexity index is 443. The van der Waals surface area contributed by atoms with Crippen molar-refractivity contribution in [3.63, 3.8) is 0 Å². The van der Waals surface area contributed by atoms with Crippen LogP contribution in [0.4, 0.5) is 5.69 Å². The number of carbonyl (C=O) groups excluding carboxylic acids is 1. The zero-order valence-electron chi connectivity index (χ0n) is 11.2. The van der Waals surface area contributed by atoms with Crippen LogP contribution >= 0.6 is 0 Å². The van der Waals surface area contributed by atoms with Gasteiger partial charge in [0.25, 0.3) is 0 Å². The van der Waals surface area contributed by atoms with Gasteiger partial charge in [0.2, 0.25) is 0 Å². The van der Waals surface area contributed by atoms with Gasteiger partial charge in [-0.2, -0.15) is 0 Å². The lowest BCUT2D eigenvalue weighted by Crippen LogP contribution is -2.09. The number of hydrogen-bond acceptors (Lipinski definition) is 2. The van der Waals surface area contributed by atoms with Gasteiger partial charge in [-0.3, -0.25) is 4.79 Å². The first kappa shape index (κ1) is 12.9. The average molecular weight is 243 g/mol. The molecule has 1 aliphatic rings. The molecule has 96 valence electrons. The molecule has 0 aromatic heterocycles. The van der Waals surface area contributed by atoms with Crippen molar-refractivity contribution in [1.82, 2.24) is 0 Å². The molecule has 1 aromatic rings. The number of ketones is 1. The Labute approximate surface area is 109 Å². The summed E-state index contributed by atoms with van der Waals surface area (Å²) in [5.74, 6) is 0.852. The Morgan fingerprint density at radius 3 is 2.39 bits per heavy atom. The summed E-state index contributed by atoms with van der Waals surface area (Å²) in [7, 11) is 0. The van der Waals surface area contributed by atoms with Crippen molar-refractivity contribution in [2.24, 2.45) is 0 Å². The third-order valence-electron chi connectivity index (χ3n) is 3.45. The van der Waals surface area contributed by atoms with E-state index in [2.05, 4.69) is 43.4 Å². The molecule has 0 aliphatic heterocycles. The van der Waals surface area contributed by atoms with Crippen LogP contribution in [-0.2, 0) is 4.79 Å². The van der Waals surface area contributed by atoms with E-state index < -0.39 is 0 Å². The third kappa shape index (κ3) is 3.22. The molecule has 0 saturated heterocycles. The number of anilines is 1. The van der Waals surface area contributed by atoms with Crippen LogP contribution in [0.2, 0.25) is 0 Å². The maximum atomic E-state index is 11.7. The fraction of sp³-hybridized carbons (Fsp3) is 0.438. The van der Waals surface area contributed by atoms with Crippen LogP contribution in [0.25, 0.3) is 0 Å². The molecule has 0 bridgehead atoms. The Hall–Kier alpha value is -1.57. The number of nitrogens with one attached hydrogen (secondary N) is 1. The summed E-state index contributed by atoms with van der Waals surface area (Å²) >= 11 is 0. The summed E-state index contributed by atoms with van der Waals surface area (Å²) in [6.45, 7) is 4.37. The van der Waals surface area contributed by atoms with Gasteiger partial charge in [-0.25, -0.2) is 0 Å². The van der Waals surface area contributed by atoms with Crippen molar-refractivity contribution in [1.29, 1.82) is 0 Å². The highest BCUT2D eigenvalue weighted by Crippen LogP contribution is 2.21. The molecule has 1 aliphatic carbocycles. The van der Waals surface area contributed by atoms with E-state index in [0.29, 0.717) is 18.1 Å². The summed E-state index contributed by atoms with van der Waals surface area (Å²) < 4.78 is 0. The first-order chi connectivity index (χ1) is 8.66. The quantitative estimate of drug-likeness (QED) is 0.804. The molecule has 1 aromatic carbocycles. The second kappa shape index (κ2) is 5.85. The second-order valence-electron chi connectivity index (χ2n) is 5.22. The SMILES string of the molecule is CC(C)c1ccc(N/C=C2/CCCCC2=O)cc1. The van der Waals surface area contributed by atoms with E-state index >= 15 is 0 Å². The third-order valence-corrected chi connectivity index (χ3v) is 3.45. The van der Waals surface area contributed by atoms with Crippen molar-refractivity contribution in [3.8, 4) is 0 Å². The lowest BCUT2D eigenvalue weighted by atomic mass is 9.94. The first-order valence-corrected chi connectivity index (χ1v) is 6.75. The zero-order valence-corrected chi connectivity index (χ0v) is 11.2. The molecule has 18 heavy (non-hydrogen) atoms. The largest absolute Gasteiger partial charge is 0.361 e. The Morgan fingerprint density at radius 1 is 1.11 bits per heavy atom. The molecule has 0 atom stereocenters. The minimum absolute atomic E-state index is 0.299. The minimum Gasteiger partial charge on any atom is -0.361 e. The molecule has 1 saturated carbocycles. The van der Waals surface area contributed by atoms with E-state index in [9.17, 15) is 4.79 Å². The summed E-state index contributed by atoms with van der Waals surface area (Å²) in [6.07, 6.45) is 5.67. The smallest absolute Gasteiger partial charge is 0.160 e. The Balaban J connectivity index is 2.01. The van der Waals surface area contributed by atoms with E-state index in [1.54, 1.807) is 0 Å². The number of rotatable bonds is 3. The molecule has 0 amide bonds. The standard InChI is InChI=1S/C16H21NO/c1-12(2)13-7-9-15(10-8-13)17-11-14-5-3-4-6-16(14)18/h7-12,17H,3-6H2,1-2H3/b14-11-. The highest BCUT2D eigenvalue weighted by atomic mass is 16.1. The summed E-state index contributed by atoms with van der Waals surface area (Å²) in [6, 6.07) is 8.40. The van der Waals surface area contributed by atoms with Crippen molar-refractivity contribution in [3.05, 3.63) is 41.6 Å². The molecule has 2 heteroatoms. The monoisotopic (exact) mass is 243 g/mol. The van der Waals surface area contributed by atoms with Gasteiger partial charge in [-0.05, 0) is 42.9 Å². The van der Waals surface area contributed by atoms with E-state index in [1.807, 2.05) is 6.20 Å². The van der Waals surface area contributed by atoms with Gasteiger partial charge in [-0.15, -0.1) is 0 Å². The fourth-order valence-corrected chi connectivity index (χ4v) is 2.19. The van der Waals surface area contributed by atoms with Gasteiger partial charge >= 0.3 is 0 Å². The molecule has 2 rings (SSSR count). The highest BCUT2D eigenvalue weighted by molar-refractivity contribution is 5.96. The summed E-state index contributed by atoms with van der Waals surface area (Å²) in [5.41, 5.74) is 3.32. The summed E-state index contributed by atoms with van der Waals surface area (Å²) in [5, 5.41) is 3.23. The Morgan fingerprint density at radius 2 is 1.78 bits per heavy atom. The molecule has 1 fully saturated rings. The van der Waals surface area contributed by atoms with Crippen LogP contribution in [0.5, 0.6) is 0 Å². The molecule has 0 spiro atoms. The highest BCUT2D eigenvalue weighted by Gasteiger charge is 2.14. The maximum Gasteiger partial charge on any atom is 0.160 e. The molecule has 2 nitrogen and oxygen atoms in total. The first-order valence-electron chi connectivity index (χ1n) is 6.75. The Kier molecular flexibility index (Phi) is 4.19. The van der Waals surface area contributed by atoms with Crippen LogP contribution in [0.1, 0.15) is 51.0 Å². The van der Waals surface area contributed by atoms with Gasteiger partial charge in [0, 0.05) is 23.9 Å². The number of hydrogen-bond donors (Lipinski definition) is 1. The van der Waals surface area contributed by atoms with Crippen molar-refractivity contribution < 1.29 is 4.79 Å². The van der Waals surface area contributed by atoms with Gasteiger partial charge in [0.1, 0.15) is 0 Å². The van der Waals surface area contributed by atoms with Crippen molar-refractivity contribution in [2.75, 3.05) is 5.32 Å². The molecule has 1 N–H and O–H groups in total. The molecule has 0 heterocycles. The van der Waals surface area contributed by atoms with Gasteiger partial charge in [0.05, 0.1) is 0 Å². The normalized spacial score (nSPS) is 18.4.